The van der Waals surface area contributed by atoms with E-state index in [1.807, 2.05) is 6.92 Å². The van der Waals surface area contributed by atoms with Gasteiger partial charge in [-0.25, -0.2) is 9.37 Å². The van der Waals surface area contributed by atoms with Crippen molar-refractivity contribution in [1.29, 1.82) is 0 Å². The van der Waals surface area contributed by atoms with Gasteiger partial charge in [-0.3, -0.25) is 9.59 Å². The minimum absolute atomic E-state index is 0.0487. The van der Waals surface area contributed by atoms with E-state index in [0.717, 1.165) is 48.8 Å². The maximum absolute atomic E-state index is 12.1. The van der Waals surface area contributed by atoms with Crippen molar-refractivity contribution < 1.29 is 19.1 Å². The molecule has 200 valence electrons. The molecule has 2 heterocycles. The summed E-state index contributed by atoms with van der Waals surface area (Å²) in [6, 6.07) is 9.87. The number of aliphatic hydroxyl groups is 1. The highest BCUT2D eigenvalue weighted by molar-refractivity contribution is 6.31. The molecule has 1 atom stereocenters. The molecular formula is C28H41ClFN3O3. The summed E-state index contributed by atoms with van der Waals surface area (Å²) < 4.78 is 12.1. The van der Waals surface area contributed by atoms with E-state index in [9.17, 15) is 19.1 Å². The molecule has 3 N–H and O–H groups in total. The number of carbonyl (C=O) groups excluding carboxylic acids is 2. The Bertz CT molecular complexity index is 986. The standard InChI is InChI=1S/C9H20O.C8H5ClN2O.C7H7F.C4H9NO/c1-4-5-9(10)7-6-8(2)3;9-6-1-5-2-7(4-12)11-8(5)10-3-6;1-6-2-4-7(8)5-3-6;1-4(6)3-5-2/h8-10H,4-7H2,1-3H3;1-4H,(H,10,11);2-5H,1H3;5H,3H2,1-2H3. The Labute approximate surface area is 219 Å². The molecule has 8 heteroatoms. The van der Waals surface area contributed by atoms with Crippen LogP contribution in [0.3, 0.4) is 0 Å². The first-order valence-electron chi connectivity index (χ1n) is 12.2. The number of nitrogens with zero attached hydrogens (tertiary/aromatic N) is 1. The van der Waals surface area contributed by atoms with Gasteiger partial charge in [-0.05, 0) is 70.3 Å². The number of fused-ring (bicyclic) bond motifs is 1. The molecule has 3 rings (SSSR count). The lowest BCUT2D eigenvalue weighted by Gasteiger charge is -2.09. The quantitative estimate of drug-likeness (QED) is 0.292. The number of aliphatic hydroxyl groups excluding tert-OH is 1. The molecule has 0 aliphatic heterocycles. The Kier molecular flexibility index (Phi) is 18.1. The zero-order valence-electron chi connectivity index (χ0n) is 22.3. The highest BCUT2D eigenvalue weighted by Crippen LogP contribution is 2.16. The van der Waals surface area contributed by atoms with Crippen LogP contribution in [0.5, 0.6) is 0 Å². The van der Waals surface area contributed by atoms with E-state index in [-0.39, 0.29) is 17.7 Å². The van der Waals surface area contributed by atoms with Crippen molar-refractivity contribution in [2.45, 2.75) is 66.4 Å². The van der Waals surface area contributed by atoms with Crippen molar-refractivity contribution in [2.75, 3.05) is 13.6 Å². The number of aryl methyl sites for hydroxylation is 1. The largest absolute Gasteiger partial charge is 0.393 e. The summed E-state index contributed by atoms with van der Waals surface area (Å²) in [5, 5.41) is 13.4. The summed E-state index contributed by atoms with van der Waals surface area (Å²) in [6.45, 7) is 10.5. The number of aromatic amines is 1. The van der Waals surface area contributed by atoms with E-state index in [4.69, 9.17) is 11.6 Å². The molecule has 0 saturated carbocycles. The predicted molar refractivity (Wildman–Crippen MR) is 147 cm³/mol. The van der Waals surface area contributed by atoms with Gasteiger partial charge in [-0.1, -0.05) is 56.5 Å². The molecule has 1 aromatic carbocycles. The Hall–Kier alpha value is -2.61. The maximum Gasteiger partial charge on any atom is 0.166 e. The number of rotatable bonds is 8. The van der Waals surface area contributed by atoms with E-state index in [1.54, 1.807) is 38.2 Å². The minimum Gasteiger partial charge on any atom is -0.393 e. The number of pyridine rings is 1. The number of nitrogens with one attached hydrogen (secondary N) is 2. The molecule has 0 fully saturated rings. The summed E-state index contributed by atoms with van der Waals surface area (Å²) in [4.78, 5) is 27.2. The third-order valence-electron chi connectivity index (χ3n) is 4.72. The second kappa shape index (κ2) is 19.6. The van der Waals surface area contributed by atoms with Gasteiger partial charge in [0.05, 0.1) is 23.4 Å². The van der Waals surface area contributed by atoms with Crippen molar-refractivity contribution in [3.05, 3.63) is 64.7 Å². The van der Waals surface area contributed by atoms with Gasteiger partial charge in [0.15, 0.2) is 6.29 Å². The molecule has 0 radical (unpaired) electrons. The number of H-pyrrole nitrogens is 1. The van der Waals surface area contributed by atoms with Crippen LogP contribution in [0.2, 0.25) is 5.02 Å². The summed E-state index contributed by atoms with van der Waals surface area (Å²) in [6.07, 6.45) is 6.43. The van der Waals surface area contributed by atoms with Gasteiger partial charge in [0.25, 0.3) is 0 Å². The topological polar surface area (TPSA) is 95.1 Å². The molecule has 0 bridgehead atoms. The van der Waals surface area contributed by atoms with Crippen molar-refractivity contribution in [3.63, 3.8) is 0 Å². The van der Waals surface area contributed by atoms with Crippen molar-refractivity contribution in [3.8, 4) is 0 Å². The highest BCUT2D eigenvalue weighted by Gasteiger charge is 2.03. The van der Waals surface area contributed by atoms with Crippen LogP contribution in [0.4, 0.5) is 4.39 Å². The van der Waals surface area contributed by atoms with E-state index in [1.165, 1.54) is 18.3 Å². The van der Waals surface area contributed by atoms with E-state index < -0.39 is 0 Å². The van der Waals surface area contributed by atoms with Crippen LogP contribution >= 0.6 is 11.6 Å². The highest BCUT2D eigenvalue weighted by atomic mass is 35.5. The van der Waals surface area contributed by atoms with Crippen LogP contribution in [0.15, 0.2) is 42.6 Å². The van der Waals surface area contributed by atoms with Crippen LogP contribution in [0.25, 0.3) is 11.0 Å². The van der Waals surface area contributed by atoms with Gasteiger partial charge in [0.2, 0.25) is 0 Å². The summed E-state index contributed by atoms with van der Waals surface area (Å²) in [5.74, 6) is 0.736. The fourth-order valence-corrected chi connectivity index (χ4v) is 3.03. The number of hydrogen-bond donors (Lipinski definition) is 3. The number of benzene rings is 1. The Balaban J connectivity index is 0.000000469. The predicted octanol–water partition coefficient (Wildman–Crippen LogP) is 6.54. The van der Waals surface area contributed by atoms with Crippen LogP contribution in [0.1, 0.15) is 69.4 Å². The lowest BCUT2D eigenvalue weighted by molar-refractivity contribution is -0.116. The molecule has 1 unspecified atom stereocenters. The Morgan fingerprint density at radius 3 is 2.28 bits per heavy atom. The van der Waals surface area contributed by atoms with E-state index in [2.05, 4.69) is 36.1 Å². The molecule has 2 aromatic heterocycles. The number of likely N-dealkylation sites (N-methyl/N-ethyl adjacent to an activating group) is 1. The smallest absolute Gasteiger partial charge is 0.166 e. The number of aromatic nitrogens is 2. The third kappa shape index (κ3) is 16.9. The molecule has 0 spiro atoms. The molecule has 0 amide bonds. The lowest BCUT2D eigenvalue weighted by Crippen LogP contribution is -2.14. The second-order valence-corrected chi connectivity index (χ2v) is 9.31. The number of Topliss-reactive ketones (excluding diaryl/α,β-unsaturated/α-hetero) is 1. The van der Waals surface area contributed by atoms with Gasteiger partial charge in [0.1, 0.15) is 17.2 Å². The first-order valence-corrected chi connectivity index (χ1v) is 12.5. The first-order chi connectivity index (χ1) is 17.0. The maximum atomic E-state index is 12.1. The van der Waals surface area contributed by atoms with Gasteiger partial charge < -0.3 is 15.4 Å². The molecule has 0 saturated heterocycles. The number of carbonyl (C=O) groups is 2. The number of ketones is 1. The van der Waals surface area contributed by atoms with Crippen molar-refractivity contribution in [2.24, 2.45) is 5.92 Å². The second-order valence-electron chi connectivity index (χ2n) is 8.88. The molecular weight excluding hydrogens is 481 g/mol. The SMILES string of the molecule is CCCC(O)CCC(C)C.CNCC(C)=O.Cc1ccc(F)cc1.O=Cc1cc2cc(Cl)cnc2[nH]1. The summed E-state index contributed by atoms with van der Waals surface area (Å²) in [7, 11) is 1.75. The third-order valence-corrected chi connectivity index (χ3v) is 4.93. The van der Waals surface area contributed by atoms with E-state index in [0.29, 0.717) is 22.9 Å². The number of halogens is 2. The lowest BCUT2D eigenvalue weighted by atomic mass is 10.0. The van der Waals surface area contributed by atoms with Gasteiger partial charge >= 0.3 is 0 Å². The average Bonchev–Trinajstić information content (AvgIpc) is 3.23. The van der Waals surface area contributed by atoms with Crippen molar-refractivity contribution >= 4 is 34.7 Å². The van der Waals surface area contributed by atoms with Gasteiger partial charge in [-0.2, -0.15) is 0 Å². The zero-order valence-corrected chi connectivity index (χ0v) is 23.0. The normalized spacial score (nSPS) is 10.8. The van der Waals surface area contributed by atoms with Crippen LogP contribution in [-0.2, 0) is 4.79 Å². The molecule has 0 aliphatic carbocycles. The molecule has 6 nitrogen and oxygen atoms in total. The molecule has 0 aliphatic rings. The Morgan fingerprint density at radius 1 is 1.19 bits per heavy atom. The first kappa shape index (κ1) is 33.4. The minimum atomic E-state index is -0.171. The van der Waals surface area contributed by atoms with Gasteiger partial charge in [-0.15, -0.1) is 0 Å². The average molecular weight is 522 g/mol. The zero-order chi connectivity index (χ0) is 27.5. The fraction of sp³-hybridized carbons (Fsp3) is 0.464. The van der Waals surface area contributed by atoms with E-state index >= 15 is 0 Å². The summed E-state index contributed by atoms with van der Waals surface area (Å²) in [5.41, 5.74) is 2.28. The van der Waals surface area contributed by atoms with Gasteiger partial charge in [0, 0.05) is 11.6 Å². The number of aldehydes is 1. The summed E-state index contributed by atoms with van der Waals surface area (Å²) >= 11 is 5.71. The number of hydrogen-bond acceptors (Lipinski definition) is 5. The fourth-order valence-electron chi connectivity index (χ4n) is 2.86. The van der Waals surface area contributed by atoms with Crippen LogP contribution < -0.4 is 5.32 Å². The van der Waals surface area contributed by atoms with Crippen LogP contribution in [0, 0.1) is 18.7 Å². The Morgan fingerprint density at radius 2 is 1.83 bits per heavy atom. The van der Waals surface area contributed by atoms with Crippen LogP contribution in [-0.4, -0.2) is 46.8 Å². The monoisotopic (exact) mass is 521 g/mol. The van der Waals surface area contributed by atoms with Crippen molar-refractivity contribution in [1.82, 2.24) is 15.3 Å². The molecule has 36 heavy (non-hydrogen) atoms. The molecule has 3 aromatic rings.